The van der Waals surface area contributed by atoms with Crippen molar-refractivity contribution >= 4 is 22.0 Å². The first-order chi connectivity index (χ1) is 17.8. The Kier molecular flexibility index (Phi) is 8.91. The Morgan fingerprint density at radius 3 is 2.46 bits per heavy atom. The molecule has 4 rings (SSSR count). The summed E-state index contributed by atoms with van der Waals surface area (Å²) in [7, 11) is -3.93. The molecule has 1 amide bonds. The highest BCUT2D eigenvalue weighted by molar-refractivity contribution is 7.92. The molecular formula is C28H31FN2O5S. The van der Waals surface area contributed by atoms with Gasteiger partial charge in [-0.05, 0) is 61.2 Å². The predicted octanol–water partition coefficient (Wildman–Crippen LogP) is 4.74. The average Bonchev–Trinajstić information content (AvgIpc) is 3.55. The van der Waals surface area contributed by atoms with Gasteiger partial charge in [-0.3, -0.25) is 4.79 Å². The Hall–Kier alpha value is -3.27. The lowest BCUT2D eigenvalue weighted by molar-refractivity contribution is -0.133. The van der Waals surface area contributed by atoms with Crippen molar-refractivity contribution in [3.05, 3.63) is 101 Å². The number of carbonyl (C=O) groups excluding carboxylic acids is 1. The zero-order valence-corrected chi connectivity index (χ0v) is 21.6. The van der Waals surface area contributed by atoms with Crippen molar-refractivity contribution in [2.45, 2.75) is 39.0 Å². The fourth-order valence-corrected chi connectivity index (χ4v) is 5.31. The van der Waals surface area contributed by atoms with E-state index in [0.29, 0.717) is 18.1 Å². The van der Waals surface area contributed by atoms with Crippen LogP contribution >= 0.6 is 0 Å². The summed E-state index contributed by atoms with van der Waals surface area (Å²) in [5.41, 5.74) is 1.45. The lowest BCUT2D eigenvalue weighted by Crippen LogP contribution is -2.44. The van der Waals surface area contributed by atoms with Crippen molar-refractivity contribution in [2.75, 3.05) is 19.7 Å². The van der Waals surface area contributed by atoms with Crippen molar-refractivity contribution in [2.24, 2.45) is 0 Å². The fourth-order valence-electron chi connectivity index (χ4n) is 4.14. The molecule has 2 aromatic carbocycles. The van der Waals surface area contributed by atoms with Gasteiger partial charge in [0.2, 0.25) is 15.9 Å². The number of halogens is 1. The number of rotatable bonds is 11. The van der Waals surface area contributed by atoms with E-state index in [1.165, 1.54) is 27.4 Å². The van der Waals surface area contributed by atoms with Crippen LogP contribution in [0.15, 0.2) is 76.6 Å². The van der Waals surface area contributed by atoms with Gasteiger partial charge in [-0.15, -0.1) is 0 Å². The van der Waals surface area contributed by atoms with E-state index in [4.69, 9.17) is 9.15 Å². The molecule has 0 aliphatic carbocycles. The summed E-state index contributed by atoms with van der Waals surface area (Å²) < 4.78 is 52.7. The number of hydrogen-bond donors (Lipinski definition) is 0. The maximum absolute atomic E-state index is 13.6. The first-order valence-corrected chi connectivity index (χ1v) is 13.7. The molecule has 37 heavy (non-hydrogen) atoms. The topological polar surface area (TPSA) is 80.1 Å². The molecule has 0 saturated carbocycles. The number of nitrogens with zero attached hydrogens (tertiary/aromatic N) is 2. The molecule has 1 aliphatic heterocycles. The van der Waals surface area contributed by atoms with E-state index in [-0.39, 0.29) is 38.1 Å². The van der Waals surface area contributed by atoms with E-state index in [9.17, 15) is 17.6 Å². The van der Waals surface area contributed by atoms with Gasteiger partial charge in [-0.25, -0.2) is 12.8 Å². The number of furan rings is 1. The highest BCUT2D eigenvalue weighted by Crippen LogP contribution is 2.19. The van der Waals surface area contributed by atoms with Crippen LogP contribution in [-0.4, -0.2) is 49.3 Å². The normalized spacial score (nSPS) is 16.0. The molecule has 3 aromatic rings. The van der Waals surface area contributed by atoms with Gasteiger partial charge in [0.15, 0.2) is 0 Å². The van der Waals surface area contributed by atoms with Crippen molar-refractivity contribution in [3.63, 3.8) is 0 Å². The third-order valence-corrected chi connectivity index (χ3v) is 7.59. The first-order valence-electron chi connectivity index (χ1n) is 12.2. The van der Waals surface area contributed by atoms with Crippen LogP contribution in [0.2, 0.25) is 0 Å². The van der Waals surface area contributed by atoms with Gasteiger partial charge in [-0.2, -0.15) is 4.31 Å². The second-order valence-electron chi connectivity index (χ2n) is 9.07. The van der Waals surface area contributed by atoms with Crippen LogP contribution in [0.5, 0.6) is 0 Å². The Morgan fingerprint density at radius 2 is 1.81 bits per heavy atom. The van der Waals surface area contributed by atoms with E-state index in [2.05, 4.69) is 0 Å². The second kappa shape index (κ2) is 12.3. The molecular weight excluding hydrogens is 495 g/mol. The average molecular weight is 527 g/mol. The third-order valence-electron chi connectivity index (χ3n) is 6.12. The molecule has 1 saturated heterocycles. The molecule has 0 spiro atoms. The minimum Gasteiger partial charge on any atom is -0.464 e. The standard InChI is InChI=1S/C28H31FN2O5S/c1-22-9-14-27(36-22)19-30(18-24-10-12-25(29)13-11-24)28(32)21-31(20-26-8-5-16-35-26)37(33,34)17-15-23-6-3-2-4-7-23/h2-4,6-7,9-15,17,26H,5,8,16,18-21H2,1H3/b17-15+. The minimum atomic E-state index is -3.93. The van der Waals surface area contributed by atoms with Gasteiger partial charge in [-0.1, -0.05) is 42.5 Å². The van der Waals surface area contributed by atoms with Gasteiger partial charge in [0.05, 0.1) is 19.2 Å². The van der Waals surface area contributed by atoms with Gasteiger partial charge in [0, 0.05) is 25.1 Å². The molecule has 1 aliphatic rings. The number of carbonyl (C=O) groups is 1. The maximum atomic E-state index is 13.6. The first kappa shape index (κ1) is 26.8. The number of benzene rings is 2. The molecule has 1 aromatic heterocycles. The Bertz CT molecular complexity index is 1300. The third kappa shape index (κ3) is 7.85. The van der Waals surface area contributed by atoms with Crippen LogP contribution in [0.25, 0.3) is 6.08 Å². The summed E-state index contributed by atoms with van der Waals surface area (Å²) in [5.74, 6) is 0.513. The van der Waals surface area contributed by atoms with Crippen LogP contribution < -0.4 is 0 Å². The van der Waals surface area contributed by atoms with E-state index in [0.717, 1.165) is 29.4 Å². The lowest BCUT2D eigenvalue weighted by atomic mass is 10.2. The Labute approximate surface area is 217 Å². The van der Waals surface area contributed by atoms with E-state index >= 15 is 0 Å². The molecule has 2 heterocycles. The molecule has 1 fully saturated rings. The largest absolute Gasteiger partial charge is 0.464 e. The van der Waals surface area contributed by atoms with Gasteiger partial charge < -0.3 is 14.1 Å². The predicted molar refractivity (Wildman–Crippen MR) is 139 cm³/mol. The van der Waals surface area contributed by atoms with Gasteiger partial charge >= 0.3 is 0 Å². The highest BCUT2D eigenvalue weighted by Gasteiger charge is 2.30. The zero-order chi connectivity index (χ0) is 26.3. The summed E-state index contributed by atoms with van der Waals surface area (Å²) in [6.07, 6.45) is 2.82. The zero-order valence-electron chi connectivity index (χ0n) is 20.8. The minimum absolute atomic E-state index is 0.0808. The molecule has 0 N–H and O–H groups in total. The van der Waals surface area contributed by atoms with Crippen LogP contribution in [-0.2, 0) is 32.6 Å². The highest BCUT2D eigenvalue weighted by atomic mass is 32.2. The fraction of sp³-hybridized carbons (Fsp3) is 0.321. The summed E-state index contributed by atoms with van der Waals surface area (Å²) in [6.45, 7) is 2.43. The molecule has 0 bridgehead atoms. The SMILES string of the molecule is Cc1ccc(CN(Cc2ccc(F)cc2)C(=O)CN(CC2CCCO2)S(=O)(=O)/C=C/c2ccccc2)o1. The number of aryl methyl sites for hydroxylation is 1. The van der Waals surface area contributed by atoms with Gasteiger partial charge in [0.1, 0.15) is 17.3 Å². The number of hydrogen-bond acceptors (Lipinski definition) is 5. The van der Waals surface area contributed by atoms with Crippen LogP contribution in [0, 0.1) is 12.7 Å². The molecule has 1 unspecified atom stereocenters. The number of amides is 1. The maximum Gasteiger partial charge on any atom is 0.238 e. The number of sulfonamides is 1. The van der Waals surface area contributed by atoms with E-state index in [1.54, 1.807) is 36.4 Å². The second-order valence-corrected chi connectivity index (χ2v) is 10.9. The molecule has 1 atom stereocenters. The summed E-state index contributed by atoms with van der Waals surface area (Å²) in [5, 5.41) is 1.13. The van der Waals surface area contributed by atoms with Crippen molar-refractivity contribution in [3.8, 4) is 0 Å². The smallest absolute Gasteiger partial charge is 0.238 e. The van der Waals surface area contributed by atoms with Crippen LogP contribution in [0.4, 0.5) is 4.39 Å². The monoisotopic (exact) mass is 526 g/mol. The van der Waals surface area contributed by atoms with E-state index < -0.39 is 15.9 Å². The summed E-state index contributed by atoms with van der Waals surface area (Å²) in [4.78, 5) is 15.1. The van der Waals surface area contributed by atoms with Crippen LogP contribution in [0.1, 0.15) is 35.5 Å². The Morgan fingerprint density at radius 1 is 1.05 bits per heavy atom. The molecule has 196 valence electrons. The van der Waals surface area contributed by atoms with Gasteiger partial charge in [0.25, 0.3) is 0 Å². The van der Waals surface area contributed by atoms with Crippen molar-refractivity contribution in [1.29, 1.82) is 0 Å². The quantitative estimate of drug-likeness (QED) is 0.361. The molecule has 0 radical (unpaired) electrons. The van der Waals surface area contributed by atoms with E-state index in [1.807, 2.05) is 25.1 Å². The van der Waals surface area contributed by atoms with Crippen molar-refractivity contribution in [1.82, 2.24) is 9.21 Å². The summed E-state index contributed by atoms with van der Waals surface area (Å²) >= 11 is 0. The number of ether oxygens (including phenoxy) is 1. The molecule has 9 heteroatoms. The molecule has 7 nitrogen and oxygen atoms in total. The summed E-state index contributed by atoms with van der Waals surface area (Å²) in [6, 6.07) is 18.6. The van der Waals surface area contributed by atoms with Crippen LogP contribution in [0.3, 0.4) is 0 Å². The Balaban J connectivity index is 1.56. The lowest BCUT2D eigenvalue weighted by Gasteiger charge is -2.27. The van der Waals surface area contributed by atoms with Crippen molar-refractivity contribution < 1.29 is 26.8 Å².